The van der Waals surface area contributed by atoms with Gasteiger partial charge in [-0.05, 0) is 24.8 Å². The number of esters is 2. The smallest absolute Gasteiger partial charge is 0.313 e. The number of rotatable bonds is 7. The number of hydrogen-bond acceptors (Lipinski definition) is 7. The zero-order valence-electron chi connectivity index (χ0n) is 17.4. The predicted octanol–water partition coefficient (Wildman–Crippen LogP) is 3.64. The molecule has 164 valence electrons. The van der Waals surface area contributed by atoms with Gasteiger partial charge >= 0.3 is 11.9 Å². The van der Waals surface area contributed by atoms with E-state index in [1.54, 1.807) is 19.9 Å². The van der Waals surface area contributed by atoms with Gasteiger partial charge < -0.3 is 13.9 Å². The Morgan fingerprint density at radius 3 is 2.63 bits per heavy atom. The molecule has 1 spiro atoms. The number of furan rings is 1. The molecule has 0 N–H and O–H groups in total. The van der Waals surface area contributed by atoms with Crippen molar-refractivity contribution in [2.24, 2.45) is 23.2 Å². The monoisotopic (exact) mass is 438 g/mol. The summed E-state index contributed by atoms with van der Waals surface area (Å²) in [6.07, 6.45) is 3.22. The largest absolute Gasteiger partial charge is 0.472 e. The molecule has 1 aliphatic carbocycles. The third-order valence-electron chi connectivity index (χ3n) is 6.74. The molecule has 8 heteroatoms. The first kappa shape index (κ1) is 22.5. The second kappa shape index (κ2) is 8.92. The fourth-order valence-corrected chi connectivity index (χ4v) is 5.31. The third-order valence-corrected chi connectivity index (χ3v) is 7.04. The molecule has 6 atom stereocenters. The predicted molar refractivity (Wildman–Crippen MR) is 107 cm³/mol. The molecule has 2 heterocycles. The van der Waals surface area contributed by atoms with Gasteiger partial charge in [0.05, 0.1) is 23.8 Å². The van der Waals surface area contributed by atoms with Crippen molar-refractivity contribution in [2.45, 2.75) is 58.7 Å². The molecule has 2 aliphatic rings. The van der Waals surface area contributed by atoms with E-state index in [1.165, 1.54) is 19.5 Å². The van der Waals surface area contributed by atoms with Gasteiger partial charge in [0, 0.05) is 37.2 Å². The van der Waals surface area contributed by atoms with Crippen molar-refractivity contribution < 1.29 is 33.1 Å². The van der Waals surface area contributed by atoms with Crippen LogP contribution in [-0.4, -0.2) is 35.5 Å². The lowest BCUT2D eigenvalue weighted by molar-refractivity contribution is -0.180. The van der Waals surface area contributed by atoms with Crippen molar-refractivity contribution in [1.82, 2.24) is 0 Å². The average Bonchev–Trinajstić information content (AvgIpc) is 3.35. The Hall–Kier alpha value is -2.15. The maximum Gasteiger partial charge on any atom is 0.313 e. The summed E-state index contributed by atoms with van der Waals surface area (Å²) in [5.41, 5.74) is -0.253. The van der Waals surface area contributed by atoms with Crippen molar-refractivity contribution in [2.75, 3.05) is 5.88 Å². The number of halogens is 1. The van der Waals surface area contributed by atoms with Crippen molar-refractivity contribution in [3.05, 3.63) is 24.2 Å². The Bertz CT molecular complexity index is 817. The molecule has 0 aromatic carbocycles. The summed E-state index contributed by atoms with van der Waals surface area (Å²) in [6, 6.07) is 1.75. The van der Waals surface area contributed by atoms with Crippen LogP contribution in [0, 0.1) is 23.2 Å². The Morgan fingerprint density at radius 1 is 1.30 bits per heavy atom. The summed E-state index contributed by atoms with van der Waals surface area (Å²) in [6.45, 7) is 4.79. The topological polar surface area (TPSA) is 99.9 Å². The highest BCUT2D eigenvalue weighted by Gasteiger charge is 2.65. The zero-order chi connectivity index (χ0) is 22.1. The Morgan fingerprint density at radius 2 is 2.03 bits per heavy atom. The summed E-state index contributed by atoms with van der Waals surface area (Å²) in [5.74, 6) is -2.69. The number of hydrogen-bond donors (Lipinski definition) is 0. The first-order valence-corrected chi connectivity index (χ1v) is 10.8. The lowest BCUT2D eigenvalue weighted by Gasteiger charge is -2.48. The molecular weight excluding hydrogens is 412 g/mol. The molecule has 30 heavy (non-hydrogen) atoms. The maximum atomic E-state index is 13.3. The molecule has 0 unspecified atom stereocenters. The highest BCUT2D eigenvalue weighted by molar-refractivity contribution is 6.27. The van der Waals surface area contributed by atoms with E-state index >= 15 is 0 Å². The second-order valence-electron chi connectivity index (χ2n) is 8.38. The molecule has 1 aromatic rings. The Kier molecular flexibility index (Phi) is 6.70. The summed E-state index contributed by atoms with van der Waals surface area (Å²) < 4.78 is 16.3. The van der Waals surface area contributed by atoms with Crippen LogP contribution in [0.15, 0.2) is 23.0 Å². The highest BCUT2D eigenvalue weighted by Crippen LogP contribution is 2.59. The maximum absolute atomic E-state index is 13.3. The van der Waals surface area contributed by atoms with Crippen molar-refractivity contribution in [3.8, 4) is 0 Å². The number of cyclic esters (lactones) is 1. The number of ether oxygens (including phenoxy) is 2. The number of alkyl halides is 1. The van der Waals surface area contributed by atoms with Crippen molar-refractivity contribution in [3.63, 3.8) is 0 Å². The van der Waals surface area contributed by atoms with Gasteiger partial charge in [-0.3, -0.25) is 19.2 Å². The van der Waals surface area contributed by atoms with E-state index in [0.29, 0.717) is 25.7 Å². The molecule has 1 saturated carbocycles. The van der Waals surface area contributed by atoms with Crippen LogP contribution in [0.2, 0.25) is 0 Å². The standard InChI is InChI=1S/C22H27ClO7/c1-12-17(6-4-5-16(25)10-23)22(13(2)20(19(12)26)29-14(3)24)9-18(30-21(22)27)15-7-8-28-11-15/h7-8,11-13,17-18,20H,4-6,9-10H2,1-3H3/t12-,13-,17+,18+,20+,22-/m1/s1. The molecule has 7 nitrogen and oxygen atoms in total. The van der Waals surface area contributed by atoms with Crippen LogP contribution in [-0.2, 0) is 28.7 Å². The normalized spacial score (nSPS) is 33.5. The van der Waals surface area contributed by atoms with Crippen molar-refractivity contribution in [1.29, 1.82) is 0 Å². The van der Waals surface area contributed by atoms with Crippen LogP contribution >= 0.6 is 11.6 Å². The SMILES string of the molecule is CC(=O)O[C@@H]1C(=O)[C@H](C)[C@H](CCCC(=O)CCl)[C@@]2(C[C@@H](c3ccoc3)OC2=O)[C@@H]1C. The van der Waals surface area contributed by atoms with Gasteiger partial charge in [0.1, 0.15) is 11.9 Å². The molecule has 2 fully saturated rings. The van der Waals surface area contributed by atoms with E-state index in [1.807, 2.05) is 0 Å². The highest BCUT2D eigenvalue weighted by atomic mass is 35.5. The number of Topliss-reactive ketones (excluding diaryl/α,β-unsaturated/α-hetero) is 2. The van der Waals surface area contributed by atoms with E-state index in [0.717, 1.165) is 5.56 Å². The third kappa shape index (κ3) is 3.92. The van der Waals surface area contributed by atoms with Crippen molar-refractivity contribution >= 4 is 35.1 Å². The van der Waals surface area contributed by atoms with Crippen LogP contribution in [0.3, 0.4) is 0 Å². The molecule has 3 rings (SSSR count). The lowest BCUT2D eigenvalue weighted by atomic mass is 9.53. The van der Waals surface area contributed by atoms with Crippen LogP contribution in [0.25, 0.3) is 0 Å². The second-order valence-corrected chi connectivity index (χ2v) is 8.64. The summed E-state index contributed by atoms with van der Waals surface area (Å²) in [7, 11) is 0. The molecule has 1 saturated heterocycles. The van der Waals surface area contributed by atoms with Gasteiger partial charge in [-0.25, -0.2) is 0 Å². The van der Waals surface area contributed by atoms with E-state index in [4.69, 9.17) is 25.5 Å². The van der Waals surface area contributed by atoms with Crippen LogP contribution in [0.5, 0.6) is 0 Å². The van der Waals surface area contributed by atoms with Crippen LogP contribution < -0.4 is 0 Å². The van der Waals surface area contributed by atoms with Gasteiger partial charge in [-0.1, -0.05) is 13.8 Å². The van der Waals surface area contributed by atoms with E-state index in [9.17, 15) is 19.2 Å². The van der Waals surface area contributed by atoms with E-state index in [-0.39, 0.29) is 23.4 Å². The molecular formula is C22H27ClO7. The zero-order valence-corrected chi connectivity index (χ0v) is 18.1. The molecule has 0 bridgehead atoms. The minimum atomic E-state index is -1.01. The fraction of sp³-hybridized carbons (Fsp3) is 0.636. The number of ketones is 2. The van der Waals surface area contributed by atoms with E-state index in [2.05, 4.69) is 0 Å². The van der Waals surface area contributed by atoms with Gasteiger partial charge in [0.15, 0.2) is 11.9 Å². The first-order valence-electron chi connectivity index (χ1n) is 10.2. The lowest BCUT2D eigenvalue weighted by Crippen LogP contribution is -2.58. The fourth-order valence-electron chi connectivity index (χ4n) is 5.18. The van der Waals surface area contributed by atoms with Crippen LogP contribution in [0.4, 0.5) is 0 Å². The summed E-state index contributed by atoms with van der Waals surface area (Å²) in [4.78, 5) is 49.7. The first-order chi connectivity index (χ1) is 14.2. The summed E-state index contributed by atoms with van der Waals surface area (Å²) >= 11 is 5.60. The van der Waals surface area contributed by atoms with Gasteiger partial charge in [-0.15, -0.1) is 11.6 Å². The summed E-state index contributed by atoms with van der Waals surface area (Å²) in [5, 5.41) is 0. The van der Waals surface area contributed by atoms with Gasteiger partial charge in [-0.2, -0.15) is 0 Å². The minimum absolute atomic E-state index is 0.0557. The number of carbonyl (C=O) groups is 4. The number of carbonyl (C=O) groups excluding carboxylic acids is 4. The van der Waals surface area contributed by atoms with Crippen LogP contribution in [0.1, 0.15) is 58.1 Å². The molecule has 0 amide bonds. The van der Waals surface area contributed by atoms with E-state index < -0.39 is 41.4 Å². The molecule has 1 aromatic heterocycles. The Labute approximate surface area is 180 Å². The van der Waals surface area contributed by atoms with Gasteiger partial charge in [0.25, 0.3) is 0 Å². The Balaban J connectivity index is 1.96. The van der Waals surface area contributed by atoms with Gasteiger partial charge in [0.2, 0.25) is 0 Å². The molecule has 0 radical (unpaired) electrons. The quantitative estimate of drug-likeness (QED) is 0.473. The minimum Gasteiger partial charge on any atom is -0.472 e. The molecule has 1 aliphatic heterocycles. The average molecular weight is 439 g/mol.